The largest absolute Gasteiger partial charge is 0.494 e. The molecule has 12 nitrogen and oxygen atoms in total. The maximum atomic E-state index is 13.9. The van der Waals surface area contributed by atoms with Gasteiger partial charge in [-0.1, -0.05) is 52.2 Å². The molecule has 1 aromatic rings. The number of urea groups is 1. The minimum Gasteiger partial charge on any atom is -0.494 e. The number of ether oxygens (including phenoxy) is 1. The molecule has 45 heavy (non-hydrogen) atoms. The number of aromatic nitrogens is 2. The van der Waals surface area contributed by atoms with Crippen LogP contribution in [0.25, 0.3) is 0 Å². The average Bonchev–Trinajstić information content (AvgIpc) is 3.14. The first-order valence-corrected chi connectivity index (χ1v) is 20.6. The summed E-state index contributed by atoms with van der Waals surface area (Å²) in [7, 11) is -1.30. The zero-order chi connectivity index (χ0) is 32.7. The van der Waals surface area contributed by atoms with Crippen molar-refractivity contribution in [1.29, 1.82) is 5.41 Å². The first-order chi connectivity index (χ1) is 21.3. The maximum absolute atomic E-state index is 13.9. The van der Waals surface area contributed by atoms with Crippen LogP contribution in [0.15, 0.2) is 9.59 Å². The third kappa shape index (κ3) is 6.14. The molecular weight excluding hydrogens is 592 g/mol. The van der Waals surface area contributed by atoms with Crippen molar-refractivity contribution < 1.29 is 19.4 Å². The summed E-state index contributed by atoms with van der Waals surface area (Å²) < 4.78 is 8.27. The van der Waals surface area contributed by atoms with Crippen LogP contribution in [-0.2, 0) is 16.1 Å². The second-order valence-corrected chi connectivity index (χ2v) is 20.8. The van der Waals surface area contributed by atoms with E-state index in [-0.39, 0.29) is 48.3 Å². The van der Waals surface area contributed by atoms with E-state index < -0.39 is 36.6 Å². The molecule has 0 atom stereocenters. The van der Waals surface area contributed by atoms with E-state index in [0.29, 0.717) is 38.7 Å². The Morgan fingerprint density at radius 3 is 2.24 bits per heavy atom. The lowest BCUT2D eigenvalue weighted by Crippen LogP contribution is -2.61. The van der Waals surface area contributed by atoms with Crippen molar-refractivity contribution in [2.24, 2.45) is 11.1 Å². The molecule has 3 saturated carbocycles. The van der Waals surface area contributed by atoms with Crippen molar-refractivity contribution in [2.75, 3.05) is 13.3 Å². The number of amides is 3. The third-order valence-electron chi connectivity index (χ3n) is 10.9. The molecule has 0 bridgehead atoms. The lowest BCUT2D eigenvalue weighted by molar-refractivity contribution is -0.140. The standard InChI is InChI=1S/C32H52N6O6Si/c1-5-6-16-35-26(39)24(25(33)34)27(40)37(29(35)42)22-10-14-31(15-11-22)19-23(20-31)38-30(43)36(21-44-17-18-45(2,3)4)28(41)32(38)12-8-7-9-13-32/h22-23,39H,5-21H2,1-4H3,(H3,33,34). The molecule has 5 rings (SSSR count). The molecule has 3 aliphatic carbocycles. The molecule has 0 aromatic carbocycles. The SMILES string of the molecule is CCCCn1c(O)c(C(=N)N)c(=O)n(C2CCC3(CC2)CC(N2C(=O)N(COCC[Si](C)(C)C)C(=O)C24CCCCC4)C3)c1=O. The molecule has 250 valence electrons. The fraction of sp³-hybridized carbons (Fsp3) is 0.781. The number of hydrogen-bond donors (Lipinski definition) is 3. The van der Waals surface area contributed by atoms with Crippen LogP contribution in [0.5, 0.6) is 5.88 Å². The van der Waals surface area contributed by atoms with Gasteiger partial charge in [0, 0.05) is 33.3 Å². The Labute approximate surface area is 266 Å². The smallest absolute Gasteiger partial charge is 0.334 e. The summed E-state index contributed by atoms with van der Waals surface area (Å²) in [6.07, 6.45) is 10.1. The molecule has 1 saturated heterocycles. The third-order valence-corrected chi connectivity index (χ3v) is 12.6. The molecule has 2 heterocycles. The lowest BCUT2D eigenvalue weighted by atomic mass is 9.56. The highest BCUT2D eigenvalue weighted by Gasteiger charge is 2.62. The van der Waals surface area contributed by atoms with Crippen LogP contribution in [0.4, 0.5) is 4.79 Å². The number of carbonyl (C=O) groups excluding carboxylic acids is 2. The number of nitrogens with one attached hydrogen (secondary N) is 1. The van der Waals surface area contributed by atoms with Crippen molar-refractivity contribution in [3.8, 4) is 5.88 Å². The number of amidine groups is 1. The number of rotatable bonds is 11. The van der Waals surface area contributed by atoms with E-state index in [9.17, 15) is 24.3 Å². The van der Waals surface area contributed by atoms with Crippen LogP contribution in [0.2, 0.25) is 25.7 Å². The summed E-state index contributed by atoms with van der Waals surface area (Å²) in [5.41, 5.74) is 3.31. The van der Waals surface area contributed by atoms with Gasteiger partial charge in [0.15, 0.2) is 0 Å². The van der Waals surface area contributed by atoms with Crippen LogP contribution >= 0.6 is 0 Å². The van der Waals surface area contributed by atoms with Gasteiger partial charge in [-0.15, -0.1) is 0 Å². The highest BCUT2D eigenvalue weighted by Crippen LogP contribution is 2.57. The molecule has 0 unspecified atom stereocenters. The zero-order valence-corrected chi connectivity index (χ0v) is 28.5. The fourth-order valence-corrected chi connectivity index (χ4v) is 8.99. The second kappa shape index (κ2) is 12.7. The number of hydrogen-bond acceptors (Lipinski definition) is 7. The van der Waals surface area contributed by atoms with Crippen LogP contribution in [-0.4, -0.2) is 74.8 Å². The predicted molar refractivity (Wildman–Crippen MR) is 174 cm³/mol. The van der Waals surface area contributed by atoms with Crippen molar-refractivity contribution in [2.45, 2.75) is 140 Å². The van der Waals surface area contributed by atoms with Crippen LogP contribution < -0.4 is 17.0 Å². The summed E-state index contributed by atoms with van der Waals surface area (Å²) in [5.74, 6) is -1.19. The summed E-state index contributed by atoms with van der Waals surface area (Å²) >= 11 is 0. The summed E-state index contributed by atoms with van der Waals surface area (Å²) in [6.45, 7) is 9.60. The Bertz CT molecular complexity index is 1420. The van der Waals surface area contributed by atoms with Gasteiger partial charge in [-0.3, -0.25) is 24.1 Å². The van der Waals surface area contributed by atoms with Crippen LogP contribution in [0.3, 0.4) is 0 Å². The van der Waals surface area contributed by atoms with Gasteiger partial charge in [-0.25, -0.2) is 14.5 Å². The molecular formula is C32H52N6O6Si. The molecule has 1 aromatic heterocycles. The quantitative estimate of drug-likeness (QED) is 0.106. The number of nitrogen functional groups attached to an aromatic ring is 1. The minimum atomic E-state index is -1.30. The number of carbonyl (C=O) groups is 2. The zero-order valence-electron chi connectivity index (χ0n) is 27.5. The van der Waals surface area contributed by atoms with Crippen molar-refractivity contribution in [3.63, 3.8) is 0 Å². The Balaban J connectivity index is 1.30. The molecule has 1 aliphatic heterocycles. The monoisotopic (exact) mass is 644 g/mol. The average molecular weight is 645 g/mol. The normalized spacial score (nSPS) is 26.6. The molecule has 4 aliphatic rings. The molecule has 13 heteroatoms. The highest BCUT2D eigenvalue weighted by atomic mass is 28.3. The van der Waals surface area contributed by atoms with E-state index in [0.717, 1.165) is 57.4 Å². The Morgan fingerprint density at radius 2 is 1.67 bits per heavy atom. The Morgan fingerprint density at radius 1 is 1.02 bits per heavy atom. The molecule has 4 N–H and O–H groups in total. The van der Waals surface area contributed by atoms with E-state index in [1.807, 2.05) is 11.8 Å². The van der Waals surface area contributed by atoms with E-state index in [1.165, 1.54) is 14.0 Å². The second-order valence-electron chi connectivity index (χ2n) is 15.2. The van der Waals surface area contributed by atoms with Gasteiger partial charge in [-0.05, 0) is 69.2 Å². The first-order valence-electron chi connectivity index (χ1n) is 16.9. The van der Waals surface area contributed by atoms with E-state index >= 15 is 0 Å². The van der Waals surface area contributed by atoms with Crippen molar-refractivity contribution >= 4 is 25.8 Å². The van der Waals surface area contributed by atoms with Crippen LogP contribution in [0, 0.1) is 10.8 Å². The van der Waals surface area contributed by atoms with Gasteiger partial charge in [0.2, 0.25) is 5.88 Å². The van der Waals surface area contributed by atoms with Gasteiger partial charge >= 0.3 is 11.7 Å². The number of nitrogens with zero attached hydrogens (tertiary/aromatic N) is 4. The number of aromatic hydroxyl groups is 1. The topological polar surface area (TPSA) is 164 Å². The van der Waals surface area contributed by atoms with E-state index in [1.54, 1.807) is 0 Å². The highest BCUT2D eigenvalue weighted by molar-refractivity contribution is 6.76. The number of nitrogens with two attached hydrogens (primary N) is 1. The predicted octanol–water partition coefficient (Wildman–Crippen LogP) is 4.34. The fourth-order valence-electron chi connectivity index (χ4n) is 8.24. The molecule has 0 radical (unpaired) electrons. The number of imide groups is 1. The van der Waals surface area contributed by atoms with Gasteiger partial charge in [0.05, 0.1) is 0 Å². The summed E-state index contributed by atoms with van der Waals surface area (Å²) in [4.78, 5) is 57.8. The van der Waals surface area contributed by atoms with Crippen molar-refractivity contribution in [3.05, 3.63) is 26.4 Å². The van der Waals surface area contributed by atoms with Gasteiger partial charge in [-0.2, -0.15) is 0 Å². The van der Waals surface area contributed by atoms with Gasteiger partial charge < -0.3 is 20.5 Å². The lowest BCUT2D eigenvalue weighted by Gasteiger charge is -2.56. The maximum Gasteiger partial charge on any atom is 0.334 e. The van der Waals surface area contributed by atoms with Crippen molar-refractivity contribution in [1.82, 2.24) is 18.9 Å². The molecule has 4 fully saturated rings. The number of unbranched alkanes of at least 4 members (excludes halogenated alkanes) is 1. The first kappa shape index (κ1) is 33.4. The Hall–Kier alpha value is -2.93. The van der Waals surface area contributed by atoms with E-state index in [4.69, 9.17) is 15.9 Å². The Kier molecular flexibility index (Phi) is 9.43. The van der Waals surface area contributed by atoms with Gasteiger partial charge in [0.25, 0.3) is 11.5 Å². The van der Waals surface area contributed by atoms with Gasteiger partial charge in [0.1, 0.15) is 23.7 Å². The van der Waals surface area contributed by atoms with E-state index in [2.05, 4.69) is 19.6 Å². The van der Waals surface area contributed by atoms with Crippen LogP contribution in [0.1, 0.15) is 102 Å². The summed E-state index contributed by atoms with van der Waals surface area (Å²) in [5, 5.41) is 18.6. The minimum absolute atomic E-state index is 0.00717. The molecule has 3 amide bonds. The summed E-state index contributed by atoms with van der Waals surface area (Å²) in [6, 6.07) is 0.381. The molecule has 2 spiro atoms.